The van der Waals surface area contributed by atoms with Gasteiger partial charge in [0.15, 0.2) is 5.16 Å². The molecule has 1 aromatic heterocycles. The van der Waals surface area contributed by atoms with Crippen LogP contribution in [0.15, 0.2) is 53.8 Å². The molecule has 3 aromatic rings. The zero-order chi connectivity index (χ0) is 21.5. The number of anilines is 1. The molecule has 0 saturated carbocycles. The van der Waals surface area contributed by atoms with Crippen molar-refractivity contribution in [3.63, 3.8) is 0 Å². The molecular weight excluding hydrogens is 405 g/mol. The average Bonchev–Trinajstić information content (AvgIpc) is 3.16. The second kappa shape index (κ2) is 10.2. The molecule has 0 atom stereocenters. The molecule has 0 bridgehead atoms. The SMILES string of the molecule is CCCn1c(-c2ccc(F)cc2)cnc1SCC(=O)Nc1ccc(OC)cc1OC. The van der Waals surface area contributed by atoms with Gasteiger partial charge in [0.1, 0.15) is 17.3 Å². The lowest BCUT2D eigenvalue weighted by Gasteiger charge is -2.12. The average molecular weight is 430 g/mol. The van der Waals surface area contributed by atoms with Gasteiger partial charge in [-0.2, -0.15) is 0 Å². The quantitative estimate of drug-likeness (QED) is 0.493. The van der Waals surface area contributed by atoms with Crippen molar-refractivity contribution in [1.29, 1.82) is 0 Å². The molecule has 0 spiro atoms. The second-order valence-corrected chi connectivity index (χ2v) is 7.43. The topological polar surface area (TPSA) is 65.4 Å². The number of hydrogen-bond donors (Lipinski definition) is 1. The lowest BCUT2D eigenvalue weighted by molar-refractivity contribution is -0.113. The highest BCUT2D eigenvalue weighted by Gasteiger charge is 2.15. The number of carbonyl (C=O) groups excluding carboxylic acids is 1. The molecule has 158 valence electrons. The van der Waals surface area contributed by atoms with Crippen molar-refractivity contribution < 1.29 is 18.7 Å². The Labute approximate surface area is 179 Å². The second-order valence-electron chi connectivity index (χ2n) is 6.49. The van der Waals surface area contributed by atoms with E-state index in [0.29, 0.717) is 17.2 Å². The van der Waals surface area contributed by atoms with Gasteiger partial charge < -0.3 is 19.4 Å². The van der Waals surface area contributed by atoms with Crippen LogP contribution in [-0.2, 0) is 11.3 Å². The van der Waals surface area contributed by atoms with Gasteiger partial charge in [0.05, 0.1) is 37.6 Å². The predicted molar refractivity (Wildman–Crippen MR) is 117 cm³/mol. The van der Waals surface area contributed by atoms with Crippen LogP contribution in [0.1, 0.15) is 13.3 Å². The zero-order valence-corrected chi connectivity index (χ0v) is 18.0. The normalized spacial score (nSPS) is 10.7. The molecule has 1 amide bonds. The Morgan fingerprint density at radius 2 is 1.93 bits per heavy atom. The fraction of sp³-hybridized carbons (Fsp3) is 0.273. The maximum absolute atomic E-state index is 13.3. The monoisotopic (exact) mass is 429 g/mol. The number of amides is 1. The smallest absolute Gasteiger partial charge is 0.234 e. The van der Waals surface area contributed by atoms with Crippen LogP contribution in [0.5, 0.6) is 11.5 Å². The van der Waals surface area contributed by atoms with Crippen molar-refractivity contribution >= 4 is 23.4 Å². The summed E-state index contributed by atoms with van der Waals surface area (Å²) >= 11 is 1.35. The van der Waals surface area contributed by atoms with Gasteiger partial charge in [-0.3, -0.25) is 4.79 Å². The third-order valence-electron chi connectivity index (χ3n) is 4.42. The molecule has 0 saturated heterocycles. The van der Waals surface area contributed by atoms with Crippen LogP contribution in [0, 0.1) is 5.82 Å². The van der Waals surface area contributed by atoms with Crippen LogP contribution >= 0.6 is 11.8 Å². The van der Waals surface area contributed by atoms with Gasteiger partial charge in [-0.25, -0.2) is 9.37 Å². The summed E-state index contributed by atoms with van der Waals surface area (Å²) < 4.78 is 25.8. The molecule has 3 rings (SSSR count). The van der Waals surface area contributed by atoms with Gasteiger partial charge in [-0.05, 0) is 48.4 Å². The van der Waals surface area contributed by atoms with E-state index in [2.05, 4.69) is 21.8 Å². The number of thioether (sulfide) groups is 1. The standard InChI is InChI=1S/C22H24FN3O3S/c1-4-11-26-19(15-5-7-16(23)8-6-15)13-24-22(26)30-14-21(27)25-18-10-9-17(28-2)12-20(18)29-3/h5-10,12-13H,4,11,14H2,1-3H3,(H,25,27). The van der Waals surface area contributed by atoms with Crippen molar-refractivity contribution in [2.45, 2.75) is 25.0 Å². The predicted octanol–water partition coefficient (Wildman–Crippen LogP) is 4.85. The first-order chi connectivity index (χ1) is 14.5. The Morgan fingerprint density at radius 1 is 1.17 bits per heavy atom. The lowest BCUT2D eigenvalue weighted by atomic mass is 10.1. The summed E-state index contributed by atoms with van der Waals surface area (Å²) in [5.74, 6) is 0.921. The first-order valence-electron chi connectivity index (χ1n) is 9.51. The third kappa shape index (κ3) is 5.13. The summed E-state index contributed by atoms with van der Waals surface area (Å²) in [5.41, 5.74) is 2.36. The van der Waals surface area contributed by atoms with Crippen LogP contribution < -0.4 is 14.8 Å². The fourth-order valence-corrected chi connectivity index (χ4v) is 3.79. The number of halogens is 1. The van der Waals surface area contributed by atoms with Crippen LogP contribution in [0.3, 0.4) is 0 Å². The molecule has 1 N–H and O–H groups in total. The van der Waals surface area contributed by atoms with Gasteiger partial charge in [-0.15, -0.1) is 0 Å². The molecule has 2 aromatic carbocycles. The number of hydrogen-bond acceptors (Lipinski definition) is 5. The van der Waals surface area contributed by atoms with E-state index in [1.54, 1.807) is 43.6 Å². The summed E-state index contributed by atoms with van der Waals surface area (Å²) in [7, 11) is 3.11. The van der Waals surface area contributed by atoms with Crippen LogP contribution in [0.4, 0.5) is 10.1 Å². The molecule has 0 aliphatic rings. The molecular formula is C22H24FN3O3S. The summed E-state index contributed by atoms with van der Waals surface area (Å²) in [5, 5.41) is 3.60. The Hall–Kier alpha value is -3.00. The van der Waals surface area contributed by atoms with Gasteiger partial charge in [0.25, 0.3) is 0 Å². The Balaban J connectivity index is 1.71. The number of nitrogens with zero attached hydrogens (tertiary/aromatic N) is 2. The summed E-state index contributed by atoms with van der Waals surface area (Å²) in [6.07, 6.45) is 2.67. The Kier molecular flexibility index (Phi) is 7.35. The van der Waals surface area contributed by atoms with Gasteiger partial charge in [0, 0.05) is 12.6 Å². The summed E-state index contributed by atoms with van der Waals surface area (Å²) in [6.45, 7) is 2.83. The number of carbonyl (C=O) groups is 1. The Morgan fingerprint density at radius 3 is 2.60 bits per heavy atom. The lowest BCUT2D eigenvalue weighted by Crippen LogP contribution is -2.15. The fourth-order valence-electron chi connectivity index (χ4n) is 2.98. The van der Waals surface area contributed by atoms with Gasteiger partial charge >= 0.3 is 0 Å². The maximum Gasteiger partial charge on any atom is 0.234 e. The van der Waals surface area contributed by atoms with E-state index in [9.17, 15) is 9.18 Å². The first-order valence-corrected chi connectivity index (χ1v) is 10.5. The van der Waals surface area contributed by atoms with Crippen LogP contribution in [0.25, 0.3) is 11.3 Å². The number of aromatic nitrogens is 2. The summed E-state index contributed by atoms with van der Waals surface area (Å²) in [4.78, 5) is 17.0. The van der Waals surface area contributed by atoms with Crippen molar-refractivity contribution in [2.75, 3.05) is 25.3 Å². The highest BCUT2D eigenvalue weighted by Crippen LogP contribution is 2.30. The number of rotatable bonds is 9. The number of benzene rings is 2. The molecule has 1 heterocycles. The highest BCUT2D eigenvalue weighted by molar-refractivity contribution is 7.99. The molecule has 6 nitrogen and oxygen atoms in total. The molecule has 0 unspecified atom stereocenters. The molecule has 30 heavy (non-hydrogen) atoms. The molecule has 0 fully saturated rings. The van der Waals surface area contributed by atoms with Gasteiger partial charge in [0.2, 0.25) is 5.91 Å². The van der Waals surface area contributed by atoms with E-state index in [4.69, 9.17) is 9.47 Å². The van der Waals surface area contributed by atoms with Gasteiger partial charge in [-0.1, -0.05) is 18.7 Å². The van der Waals surface area contributed by atoms with E-state index in [0.717, 1.165) is 29.4 Å². The van der Waals surface area contributed by atoms with E-state index < -0.39 is 0 Å². The van der Waals surface area contributed by atoms with Crippen molar-refractivity contribution in [3.8, 4) is 22.8 Å². The third-order valence-corrected chi connectivity index (χ3v) is 5.41. The Bertz CT molecular complexity index is 1010. The van der Waals surface area contributed by atoms with Crippen LogP contribution in [0.2, 0.25) is 0 Å². The summed E-state index contributed by atoms with van der Waals surface area (Å²) in [6, 6.07) is 11.5. The van der Waals surface area contributed by atoms with E-state index in [1.165, 1.54) is 31.0 Å². The van der Waals surface area contributed by atoms with E-state index >= 15 is 0 Å². The maximum atomic E-state index is 13.3. The number of methoxy groups -OCH3 is 2. The minimum atomic E-state index is -0.277. The van der Waals surface area contributed by atoms with Crippen molar-refractivity contribution in [2.24, 2.45) is 0 Å². The van der Waals surface area contributed by atoms with E-state index in [-0.39, 0.29) is 17.5 Å². The molecule has 0 aliphatic heterocycles. The minimum Gasteiger partial charge on any atom is -0.497 e. The largest absolute Gasteiger partial charge is 0.497 e. The molecule has 0 radical (unpaired) electrons. The van der Waals surface area contributed by atoms with Crippen molar-refractivity contribution in [3.05, 3.63) is 54.5 Å². The number of nitrogens with one attached hydrogen (secondary N) is 1. The number of imidazole rings is 1. The van der Waals surface area contributed by atoms with E-state index in [1.807, 2.05) is 0 Å². The number of ether oxygens (including phenoxy) is 2. The molecule has 8 heteroatoms. The molecule has 0 aliphatic carbocycles. The minimum absolute atomic E-state index is 0.169. The highest BCUT2D eigenvalue weighted by atomic mass is 32.2. The van der Waals surface area contributed by atoms with Crippen molar-refractivity contribution in [1.82, 2.24) is 9.55 Å². The van der Waals surface area contributed by atoms with Crippen LogP contribution in [-0.4, -0.2) is 35.4 Å². The zero-order valence-electron chi connectivity index (χ0n) is 17.1. The first kappa shape index (κ1) is 21.7.